The number of carboxylic acid groups (broad SMARTS) is 1. The van der Waals surface area contributed by atoms with Gasteiger partial charge in [0.1, 0.15) is 5.52 Å². The van der Waals surface area contributed by atoms with Crippen LogP contribution in [0.25, 0.3) is 11.2 Å². The molecule has 10 nitrogen and oxygen atoms in total. The van der Waals surface area contributed by atoms with Crippen molar-refractivity contribution in [1.29, 1.82) is 0 Å². The minimum Gasteiger partial charge on any atom is -0.465 e. The lowest BCUT2D eigenvalue weighted by atomic mass is 10.2. The lowest BCUT2D eigenvalue weighted by Gasteiger charge is -2.15. The molecular weight excluding hydrogens is 452 g/mol. The zero-order chi connectivity index (χ0) is 22.7. The average molecular weight is 477 g/mol. The molecule has 0 radical (unpaired) electrons. The van der Waals surface area contributed by atoms with Crippen molar-refractivity contribution in [3.05, 3.63) is 47.8 Å². The molecule has 1 fully saturated rings. The highest BCUT2D eigenvalue weighted by molar-refractivity contribution is 7.96. The van der Waals surface area contributed by atoms with Crippen LogP contribution in [0.4, 0.5) is 4.79 Å². The monoisotopic (exact) mass is 476 g/mol. The molecule has 0 saturated carbocycles. The highest BCUT2D eigenvalue weighted by atomic mass is 32.2. The summed E-state index contributed by atoms with van der Waals surface area (Å²) in [5, 5.41) is 14.5. The molecule has 1 aliphatic rings. The average Bonchev–Trinajstić information content (AvgIpc) is 3.39. The van der Waals surface area contributed by atoms with Crippen LogP contribution < -0.4 is 10.6 Å². The second-order valence-corrected chi connectivity index (χ2v) is 10.5. The van der Waals surface area contributed by atoms with Gasteiger partial charge in [-0.05, 0) is 37.1 Å². The normalized spacial score (nSPS) is 17.1. The molecule has 3 heterocycles. The molecule has 1 saturated heterocycles. The first kappa shape index (κ1) is 22.5. The first-order chi connectivity index (χ1) is 15.3. The van der Waals surface area contributed by atoms with E-state index in [1.807, 2.05) is 13.0 Å². The van der Waals surface area contributed by atoms with Crippen molar-refractivity contribution in [3.63, 3.8) is 0 Å². The molecule has 2 aromatic heterocycles. The summed E-state index contributed by atoms with van der Waals surface area (Å²) in [6.45, 7) is 3.47. The van der Waals surface area contributed by atoms with Crippen LogP contribution in [0.2, 0.25) is 0 Å². The van der Waals surface area contributed by atoms with Gasteiger partial charge in [0.15, 0.2) is 10.7 Å². The van der Waals surface area contributed by atoms with Gasteiger partial charge in [-0.25, -0.2) is 27.5 Å². The second-order valence-electron chi connectivity index (χ2n) is 7.53. The van der Waals surface area contributed by atoms with Crippen molar-refractivity contribution in [2.45, 2.75) is 35.9 Å². The van der Waals surface area contributed by atoms with E-state index in [1.54, 1.807) is 30.5 Å². The standard InChI is InChI=1S/C20H24N6O4S2/c1-13-3-2-4-15(9-13)32(29,30)19-17(24-16-5-7-22-18(16)25-19)10-21-12-31-26-8-6-14(11-26)23-20(27)28/h2-5,7,9,14,21,23H,6,8,10-12H2,1H3,(H,22,25)(H,27,28). The van der Waals surface area contributed by atoms with Crippen LogP contribution >= 0.6 is 11.9 Å². The third-order valence-corrected chi connectivity index (χ3v) is 7.83. The fourth-order valence-electron chi connectivity index (χ4n) is 3.56. The van der Waals surface area contributed by atoms with Gasteiger partial charge in [0.25, 0.3) is 0 Å². The molecule has 1 aromatic carbocycles. The molecule has 0 bridgehead atoms. The van der Waals surface area contributed by atoms with E-state index in [2.05, 4.69) is 29.9 Å². The van der Waals surface area contributed by atoms with Gasteiger partial charge in [-0.1, -0.05) is 24.1 Å². The van der Waals surface area contributed by atoms with E-state index in [9.17, 15) is 13.2 Å². The number of fused-ring (bicyclic) bond motifs is 1. The number of hydrogen-bond acceptors (Lipinski definition) is 8. The maximum absolute atomic E-state index is 13.3. The maximum atomic E-state index is 13.3. The number of sulfone groups is 1. The van der Waals surface area contributed by atoms with Gasteiger partial charge in [-0.3, -0.25) is 0 Å². The van der Waals surface area contributed by atoms with Gasteiger partial charge < -0.3 is 20.7 Å². The van der Waals surface area contributed by atoms with Crippen LogP contribution in [-0.2, 0) is 16.4 Å². The number of amides is 1. The molecule has 1 amide bonds. The zero-order valence-corrected chi connectivity index (χ0v) is 19.0. The number of H-pyrrole nitrogens is 1. The summed E-state index contributed by atoms with van der Waals surface area (Å²) >= 11 is 1.54. The van der Waals surface area contributed by atoms with Crippen molar-refractivity contribution in [3.8, 4) is 0 Å². The zero-order valence-electron chi connectivity index (χ0n) is 17.4. The second kappa shape index (κ2) is 9.45. The number of rotatable bonds is 8. The fraction of sp³-hybridized carbons (Fsp3) is 0.350. The number of nitrogens with one attached hydrogen (secondary N) is 3. The van der Waals surface area contributed by atoms with E-state index in [0.717, 1.165) is 18.5 Å². The van der Waals surface area contributed by atoms with Crippen molar-refractivity contribution < 1.29 is 18.3 Å². The predicted molar refractivity (Wildman–Crippen MR) is 121 cm³/mol. The Labute approximate surface area is 189 Å². The predicted octanol–water partition coefficient (Wildman–Crippen LogP) is 2.14. The van der Waals surface area contributed by atoms with E-state index >= 15 is 0 Å². The Balaban J connectivity index is 1.47. The van der Waals surface area contributed by atoms with Gasteiger partial charge in [-0.15, -0.1) is 0 Å². The molecule has 0 aliphatic carbocycles. The summed E-state index contributed by atoms with van der Waals surface area (Å²) in [6, 6.07) is 8.41. The Morgan fingerprint density at radius 3 is 2.97 bits per heavy atom. The third-order valence-electron chi connectivity index (χ3n) is 5.09. The van der Waals surface area contributed by atoms with Crippen LogP contribution in [0, 0.1) is 6.92 Å². The van der Waals surface area contributed by atoms with Gasteiger partial charge >= 0.3 is 6.09 Å². The molecule has 1 atom stereocenters. The first-order valence-corrected chi connectivity index (χ1v) is 12.5. The SMILES string of the molecule is Cc1cccc(S(=O)(=O)c2nc3[nH]ccc3nc2CNCSN2CCC(NC(=O)O)C2)c1. The van der Waals surface area contributed by atoms with Crippen molar-refractivity contribution >= 4 is 39.0 Å². The number of hydrogen-bond donors (Lipinski definition) is 4. The Morgan fingerprint density at radius 2 is 2.19 bits per heavy atom. The topological polar surface area (TPSA) is 140 Å². The molecule has 4 rings (SSSR count). The molecule has 1 aliphatic heterocycles. The minimum absolute atomic E-state index is 0.0672. The molecule has 0 spiro atoms. The maximum Gasteiger partial charge on any atom is 0.404 e. The summed E-state index contributed by atoms with van der Waals surface area (Å²) in [5.41, 5.74) is 2.21. The summed E-state index contributed by atoms with van der Waals surface area (Å²) in [5.74, 6) is 0.524. The summed E-state index contributed by atoms with van der Waals surface area (Å²) < 4.78 is 28.7. The Hall–Kier alpha value is -2.67. The molecule has 12 heteroatoms. The third kappa shape index (κ3) is 5.04. The molecule has 4 N–H and O–H groups in total. The van der Waals surface area contributed by atoms with E-state index in [-0.39, 0.29) is 22.5 Å². The van der Waals surface area contributed by atoms with Crippen LogP contribution in [-0.4, -0.2) is 63.9 Å². The number of aryl methyl sites for hydroxylation is 1. The van der Waals surface area contributed by atoms with Gasteiger partial charge in [-0.2, -0.15) is 0 Å². The van der Waals surface area contributed by atoms with Gasteiger partial charge in [0, 0.05) is 31.9 Å². The van der Waals surface area contributed by atoms with Crippen molar-refractivity contribution in [1.82, 2.24) is 29.9 Å². The summed E-state index contributed by atoms with van der Waals surface area (Å²) in [6.07, 6.45) is 1.42. The number of carbonyl (C=O) groups is 1. The Bertz CT molecular complexity index is 1230. The minimum atomic E-state index is -3.85. The molecule has 1 unspecified atom stereocenters. The molecule has 3 aromatic rings. The Morgan fingerprint density at radius 1 is 1.34 bits per heavy atom. The van der Waals surface area contributed by atoms with Crippen molar-refractivity contribution in [2.24, 2.45) is 0 Å². The molecule has 32 heavy (non-hydrogen) atoms. The van der Waals surface area contributed by atoms with Crippen LogP contribution in [0.1, 0.15) is 17.7 Å². The number of aromatic amines is 1. The largest absolute Gasteiger partial charge is 0.465 e. The lowest BCUT2D eigenvalue weighted by molar-refractivity contribution is 0.190. The van der Waals surface area contributed by atoms with Crippen LogP contribution in [0.5, 0.6) is 0 Å². The Kier molecular flexibility index (Phi) is 6.65. The van der Waals surface area contributed by atoms with E-state index in [0.29, 0.717) is 29.3 Å². The first-order valence-electron chi connectivity index (χ1n) is 10.1. The summed E-state index contributed by atoms with van der Waals surface area (Å²) in [7, 11) is -3.85. The number of benzene rings is 1. The van der Waals surface area contributed by atoms with E-state index < -0.39 is 15.9 Å². The number of nitrogens with zero attached hydrogens (tertiary/aromatic N) is 3. The van der Waals surface area contributed by atoms with Gasteiger partial charge in [0.05, 0.1) is 16.5 Å². The van der Waals surface area contributed by atoms with Gasteiger partial charge in [0.2, 0.25) is 9.84 Å². The van der Waals surface area contributed by atoms with Crippen molar-refractivity contribution in [2.75, 3.05) is 19.0 Å². The number of aromatic nitrogens is 3. The highest BCUT2D eigenvalue weighted by Gasteiger charge is 2.26. The van der Waals surface area contributed by atoms with Crippen LogP contribution in [0.15, 0.2) is 46.5 Å². The summed E-state index contributed by atoms with van der Waals surface area (Å²) in [4.78, 5) is 22.8. The molecule has 170 valence electrons. The van der Waals surface area contributed by atoms with Crippen LogP contribution in [0.3, 0.4) is 0 Å². The lowest BCUT2D eigenvalue weighted by Crippen LogP contribution is -2.35. The molecular formula is C20H24N6O4S2. The van der Waals surface area contributed by atoms with E-state index in [1.165, 1.54) is 11.9 Å². The fourth-order valence-corrected chi connectivity index (χ4v) is 5.92. The highest BCUT2D eigenvalue weighted by Crippen LogP contribution is 2.25. The quantitative estimate of drug-likeness (QED) is 0.219. The van der Waals surface area contributed by atoms with E-state index in [4.69, 9.17) is 5.11 Å². The smallest absolute Gasteiger partial charge is 0.404 e.